The number of tetrazole rings is 1. The molecule has 9 heteroatoms. The van der Waals surface area contributed by atoms with Gasteiger partial charge in [0, 0.05) is 16.8 Å². The summed E-state index contributed by atoms with van der Waals surface area (Å²) in [6, 6.07) is 7.44. The van der Waals surface area contributed by atoms with E-state index in [0.717, 1.165) is 29.6 Å². The highest BCUT2D eigenvalue weighted by Crippen LogP contribution is 2.19. The topological polar surface area (TPSA) is 81.9 Å². The number of rotatable bonds is 6. The van der Waals surface area contributed by atoms with Gasteiger partial charge in [0.15, 0.2) is 0 Å². The molecule has 1 saturated heterocycles. The van der Waals surface area contributed by atoms with Crippen molar-refractivity contribution in [2.24, 2.45) is 0 Å². The quantitative estimate of drug-likeness (QED) is 0.753. The lowest BCUT2D eigenvalue weighted by Crippen LogP contribution is -2.18. The van der Waals surface area contributed by atoms with Crippen LogP contribution in [0.25, 0.3) is 0 Å². The van der Waals surface area contributed by atoms with E-state index in [-0.39, 0.29) is 17.8 Å². The van der Waals surface area contributed by atoms with E-state index in [9.17, 15) is 4.79 Å². The van der Waals surface area contributed by atoms with Gasteiger partial charge in [-0.1, -0.05) is 27.7 Å². The molecule has 0 bridgehead atoms. The van der Waals surface area contributed by atoms with Crippen molar-refractivity contribution >= 4 is 39.3 Å². The number of ether oxygens (including phenoxy) is 1. The molecule has 7 nitrogen and oxygen atoms in total. The smallest absolute Gasteiger partial charge is 0.234 e. The number of hydrogen-bond donors (Lipinski definition) is 1. The van der Waals surface area contributed by atoms with Crippen LogP contribution in [0.2, 0.25) is 0 Å². The number of carbonyl (C=O) groups is 1. The van der Waals surface area contributed by atoms with E-state index in [2.05, 4.69) is 36.8 Å². The zero-order valence-electron chi connectivity index (χ0n) is 12.3. The maximum atomic E-state index is 12.0. The van der Waals surface area contributed by atoms with E-state index in [0.29, 0.717) is 11.7 Å². The predicted octanol–water partition coefficient (Wildman–Crippen LogP) is 2.35. The van der Waals surface area contributed by atoms with Gasteiger partial charge in [-0.25, -0.2) is 4.68 Å². The van der Waals surface area contributed by atoms with Crippen LogP contribution in [-0.2, 0) is 16.1 Å². The van der Waals surface area contributed by atoms with Crippen LogP contribution in [0.15, 0.2) is 33.9 Å². The Balaban J connectivity index is 1.50. The lowest BCUT2D eigenvalue weighted by molar-refractivity contribution is -0.113. The van der Waals surface area contributed by atoms with E-state index >= 15 is 0 Å². The SMILES string of the molecule is O=C(CSc1nnnn1CC1CCCO1)Nc1ccc(Br)cc1. The lowest BCUT2D eigenvalue weighted by Gasteiger charge is -2.10. The van der Waals surface area contributed by atoms with Crippen LogP contribution in [0.3, 0.4) is 0 Å². The van der Waals surface area contributed by atoms with Crippen LogP contribution in [0.4, 0.5) is 5.69 Å². The molecule has 1 N–H and O–H groups in total. The molecule has 2 aromatic rings. The molecule has 122 valence electrons. The third-order valence-electron chi connectivity index (χ3n) is 3.36. The average Bonchev–Trinajstić information content (AvgIpc) is 3.20. The van der Waals surface area contributed by atoms with Crippen LogP contribution in [0, 0.1) is 0 Å². The van der Waals surface area contributed by atoms with Gasteiger partial charge in [0.2, 0.25) is 11.1 Å². The van der Waals surface area contributed by atoms with Gasteiger partial charge in [0.05, 0.1) is 18.4 Å². The number of carbonyl (C=O) groups excluding carboxylic acids is 1. The highest BCUT2D eigenvalue weighted by atomic mass is 79.9. The Bertz CT molecular complexity index is 657. The van der Waals surface area contributed by atoms with E-state index < -0.39 is 0 Å². The van der Waals surface area contributed by atoms with Crippen LogP contribution in [-0.4, -0.2) is 44.6 Å². The number of aromatic nitrogens is 4. The Morgan fingerprint density at radius 1 is 1.43 bits per heavy atom. The zero-order chi connectivity index (χ0) is 16.1. The molecule has 1 atom stereocenters. The van der Waals surface area contributed by atoms with Crippen molar-refractivity contribution < 1.29 is 9.53 Å². The van der Waals surface area contributed by atoms with Crippen LogP contribution < -0.4 is 5.32 Å². The van der Waals surface area contributed by atoms with Gasteiger partial charge in [-0.05, 0) is 47.5 Å². The predicted molar refractivity (Wildman–Crippen MR) is 90.3 cm³/mol. The van der Waals surface area contributed by atoms with E-state index in [1.54, 1.807) is 4.68 Å². The van der Waals surface area contributed by atoms with Gasteiger partial charge >= 0.3 is 0 Å². The summed E-state index contributed by atoms with van der Waals surface area (Å²) >= 11 is 4.68. The minimum atomic E-state index is -0.0935. The minimum absolute atomic E-state index is 0.0935. The van der Waals surface area contributed by atoms with Crippen LogP contribution >= 0.6 is 27.7 Å². The summed E-state index contributed by atoms with van der Waals surface area (Å²) in [6.07, 6.45) is 2.26. The summed E-state index contributed by atoms with van der Waals surface area (Å²) in [5.74, 6) is 0.158. The van der Waals surface area contributed by atoms with Crippen molar-refractivity contribution in [3.63, 3.8) is 0 Å². The lowest BCUT2D eigenvalue weighted by atomic mass is 10.2. The standard InChI is InChI=1S/C14H16BrN5O2S/c15-10-3-5-11(6-4-10)16-13(21)9-23-14-17-18-19-20(14)8-12-2-1-7-22-12/h3-6,12H,1-2,7-9H2,(H,16,21). The molecule has 1 amide bonds. The van der Waals surface area contributed by atoms with Crippen molar-refractivity contribution in [3.05, 3.63) is 28.7 Å². The molecular weight excluding hydrogens is 382 g/mol. The third-order valence-corrected chi connectivity index (χ3v) is 4.85. The van der Waals surface area contributed by atoms with Gasteiger partial charge in [-0.3, -0.25) is 4.79 Å². The molecule has 1 aromatic heterocycles. The Hall–Kier alpha value is -1.45. The first-order valence-corrected chi connectivity index (χ1v) is 9.04. The number of hydrogen-bond acceptors (Lipinski definition) is 6. The van der Waals surface area contributed by atoms with Gasteiger partial charge in [0.1, 0.15) is 0 Å². The van der Waals surface area contributed by atoms with Gasteiger partial charge in [-0.2, -0.15) is 0 Å². The minimum Gasteiger partial charge on any atom is -0.376 e. The van der Waals surface area contributed by atoms with Crippen molar-refractivity contribution in [3.8, 4) is 0 Å². The van der Waals surface area contributed by atoms with Crippen LogP contribution in [0.5, 0.6) is 0 Å². The fourth-order valence-corrected chi connectivity index (χ4v) is 3.21. The molecule has 2 heterocycles. The molecule has 1 aliphatic heterocycles. The van der Waals surface area contributed by atoms with E-state index in [1.165, 1.54) is 11.8 Å². The second-order valence-corrected chi connectivity index (χ2v) is 6.98. The Morgan fingerprint density at radius 2 is 2.26 bits per heavy atom. The molecule has 23 heavy (non-hydrogen) atoms. The van der Waals surface area contributed by atoms with Crippen molar-refractivity contribution in [1.82, 2.24) is 20.2 Å². The number of benzene rings is 1. The maximum Gasteiger partial charge on any atom is 0.234 e. The fourth-order valence-electron chi connectivity index (χ4n) is 2.26. The van der Waals surface area contributed by atoms with E-state index in [4.69, 9.17) is 4.74 Å². The van der Waals surface area contributed by atoms with Crippen molar-refractivity contribution in [2.45, 2.75) is 30.6 Å². The van der Waals surface area contributed by atoms with Gasteiger partial charge in [-0.15, -0.1) is 5.10 Å². The summed E-state index contributed by atoms with van der Waals surface area (Å²) in [6.45, 7) is 1.43. The number of halogens is 1. The summed E-state index contributed by atoms with van der Waals surface area (Å²) in [5, 5.41) is 15.1. The monoisotopic (exact) mass is 397 g/mol. The van der Waals surface area contributed by atoms with Gasteiger partial charge in [0.25, 0.3) is 0 Å². The normalized spacial score (nSPS) is 17.3. The summed E-state index contributed by atoms with van der Waals surface area (Å²) < 4.78 is 8.26. The molecule has 0 spiro atoms. The van der Waals surface area contributed by atoms with E-state index in [1.807, 2.05) is 24.3 Å². The first kappa shape index (κ1) is 16.4. The molecule has 1 aromatic carbocycles. The second kappa shape index (κ2) is 7.89. The average molecular weight is 398 g/mol. The molecule has 3 rings (SSSR count). The molecule has 0 aliphatic carbocycles. The molecule has 1 aliphatic rings. The van der Waals surface area contributed by atoms with Crippen LogP contribution in [0.1, 0.15) is 12.8 Å². The maximum absolute atomic E-state index is 12.0. The Morgan fingerprint density at radius 3 is 3.00 bits per heavy atom. The summed E-state index contributed by atoms with van der Waals surface area (Å²) in [7, 11) is 0. The molecule has 0 radical (unpaired) electrons. The molecule has 1 fully saturated rings. The fraction of sp³-hybridized carbons (Fsp3) is 0.429. The Labute approximate surface area is 146 Å². The number of nitrogens with one attached hydrogen (secondary N) is 1. The van der Waals surface area contributed by atoms with Gasteiger partial charge < -0.3 is 10.1 Å². The summed E-state index contributed by atoms with van der Waals surface area (Å²) in [4.78, 5) is 12.0. The molecular formula is C14H16BrN5O2S. The highest BCUT2D eigenvalue weighted by Gasteiger charge is 2.19. The number of anilines is 1. The van der Waals surface area contributed by atoms with Crippen molar-refractivity contribution in [2.75, 3.05) is 17.7 Å². The number of nitrogens with zero attached hydrogens (tertiary/aromatic N) is 4. The first-order valence-electron chi connectivity index (χ1n) is 7.27. The zero-order valence-corrected chi connectivity index (χ0v) is 14.7. The molecule has 1 unspecified atom stereocenters. The second-order valence-electron chi connectivity index (χ2n) is 5.12. The Kier molecular flexibility index (Phi) is 5.63. The first-order chi connectivity index (χ1) is 11.2. The van der Waals surface area contributed by atoms with Crippen molar-refractivity contribution in [1.29, 1.82) is 0 Å². The number of thioether (sulfide) groups is 1. The largest absolute Gasteiger partial charge is 0.376 e. The number of amides is 1. The summed E-state index contributed by atoms with van der Waals surface area (Å²) in [5.41, 5.74) is 0.762. The molecule has 0 saturated carbocycles. The highest BCUT2D eigenvalue weighted by molar-refractivity contribution is 9.10. The third kappa shape index (κ3) is 4.76.